The molecule has 2 heteroatoms. The van der Waals surface area contributed by atoms with Gasteiger partial charge in [0.05, 0.1) is 0 Å². The Hall–Kier alpha value is -2.74. The molecular weight excluding hydrogens is 296 g/mol. The van der Waals surface area contributed by atoms with Crippen LogP contribution in [0.25, 0.3) is 0 Å². The minimum absolute atomic E-state index is 0.797. The average Bonchev–Trinajstić information content (AvgIpc) is 2.56. The summed E-state index contributed by atoms with van der Waals surface area (Å²) in [5.74, 6) is 3.29. The summed E-state index contributed by atoms with van der Waals surface area (Å²) in [6.07, 6.45) is 0. The molecule has 0 saturated heterocycles. The van der Waals surface area contributed by atoms with Crippen LogP contribution in [0.2, 0.25) is 0 Å². The Morgan fingerprint density at radius 1 is 0.417 bits per heavy atom. The van der Waals surface area contributed by atoms with E-state index in [9.17, 15) is 0 Å². The van der Waals surface area contributed by atoms with Crippen LogP contribution in [0.15, 0.2) is 60.7 Å². The summed E-state index contributed by atoms with van der Waals surface area (Å²) in [5.41, 5.74) is 4.98. The van der Waals surface area contributed by atoms with Crippen molar-refractivity contribution >= 4 is 0 Å². The minimum atomic E-state index is 0.797. The van der Waals surface area contributed by atoms with Crippen molar-refractivity contribution in [1.82, 2.24) is 0 Å². The molecule has 3 rings (SSSR count). The van der Waals surface area contributed by atoms with Crippen LogP contribution in [-0.4, -0.2) is 0 Å². The van der Waals surface area contributed by atoms with Crippen LogP contribution in [0.1, 0.15) is 22.3 Å². The molecule has 24 heavy (non-hydrogen) atoms. The van der Waals surface area contributed by atoms with Crippen LogP contribution in [0, 0.1) is 27.7 Å². The first-order valence-corrected chi connectivity index (χ1v) is 8.11. The highest BCUT2D eigenvalue weighted by Crippen LogP contribution is 2.28. The van der Waals surface area contributed by atoms with E-state index >= 15 is 0 Å². The van der Waals surface area contributed by atoms with E-state index in [0.29, 0.717) is 0 Å². The number of hydrogen-bond donors (Lipinski definition) is 0. The van der Waals surface area contributed by atoms with Crippen LogP contribution in [0.4, 0.5) is 0 Å². The van der Waals surface area contributed by atoms with Gasteiger partial charge in [-0.25, -0.2) is 0 Å². The molecule has 2 nitrogen and oxygen atoms in total. The molecule has 0 radical (unpaired) electrons. The fourth-order valence-electron chi connectivity index (χ4n) is 2.40. The molecule has 0 aliphatic carbocycles. The molecule has 0 N–H and O–H groups in total. The number of rotatable bonds is 4. The summed E-state index contributed by atoms with van der Waals surface area (Å²) in [6, 6.07) is 19.9. The van der Waals surface area contributed by atoms with Crippen molar-refractivity contribution < 1.29 is 9.47 Å². The molecule has 0 amide bonds. The van der Waals surface area contributed by atoms with Gasteiger partial charge >= 0.3 is 0 Å². The number of benzene rings is 3. The van der Waals surface area contributed by atoms with Crippen molar-refractivity contribution in [3.05, 3.63) is 82.9 Å². The summed E-state index contributed by atoms with van der Waals surface area (Å²) in [4.78, 5) is 0. The Morgan fingerprint density at radius 3 is 1.08 bits per heavy atom. The summed E-state index contributed by atoms with van der Waals surface area (Å²) in [6.45, 7) is 8.36. The zero-order valence-corrected chi connectivity index (χ0v) is 14.6. The molecule has 0 bridgehead atoms. The first-order chi connectivity index (χ1) is 11.5. The van der Waals surface area contributed by atoms with E-state index in [1.165, 1.54) is 22.3 Å². The maximum atomic E-state index is 5.90. The molecule has 3 aromatic carbocycles. The predicted molar refractivity (Wildman–Crippen MR) is 98.4 cm³/mol. The van der Waals surface area contributed by atoms with E-state index < -0.39 is 0 Å². The first-order valence-electron chi connectivity index (χ1n) is 8.11. The fourth-order valence-corrected chi connectivity index (χ4v) is 2.40. The Bertz CT molecular complexity index is 776. The first kappa shape index (κ1) is 16.1. The highest BCUT2D eigenvalue weighted by atomic mass is 16.5. The van der Waals surface area contributed by atoms with Crippen molar-refractivity contribution in [2.45, 2.75) is 27.7 Å². The van der Waals surface area contributed by atoms with Crippen molar-refractivity contribution in [1.29, 1.82) is 0 Å². The molecule has 0 spiro atoms. The van der Waals surface area contributed by atoms with E-state index in [4.69, 9.17) is 9.47 Å². The second-order valence-corrected chi connectivity index (χ2v) is 6.17. The van der Waals surface area contributed by atoms with E-state index in [2.05, 4.69) is 52.0 Å². The molecule has 3 aromatic rings. The van der Waals surface area contributed by atoms with Gasteiger partial charge in [-0.15, -0.1) is 0 Å². The fraction of sp³-hybridized carbons (Fsp3) is 0.182. The highest BCUT2D eigenvalue weighted by molar-refractivity contribution is 5.41. The molecule has 0 aromatic heterocycles. The third kappa shape index (κ3) is 3.77. The Balaban J connectivity index is 1.70. The van der Waals surface area contributed by atoms with Gasteiger partial charge in [-0.2, -0.15) is 0 Å². The maximum absolute atomic E-state index is 5.90. The minimum Gasteiger partial charge on any atom is -0.457 e. The topological polar surface area (TPSA) is 18.5 Å². The van der Waals surface area contributed by atoms with E-state index in [1.54, 1.807) is 0 Å². The monoisotopic (exact) mass is 318 g/mol. The highest BCUT2D eigenvalue weighted by Gasteiger charge is 2.02. The zero-order valence-electron chi connectivity index (χ0n) is 14.6. The second-order valence-electron chi connectivity index (χ2n) is 6.17. The van der Waals surface area contributed by atoms with E-state index in [0.717, 1.165) is 23.0 Å². The maximum Gasteiger partial charge on any atom is 0.127 e. The number of ether oxygens (including phenoxy) is 2. The van der Waals surface area contributed by atoms with Crippen molar-refractivity contribution in [2.24, 2.45) is 0 Å². The van der Waals surface area contributed by atoms with Crippen molar-refractivity contribution in [2.75, 3.05) is 0 Å². The number of aryl methyl sites for hydroxylation is 4. The Morgan fingerprint density at radius 2 is 0.750 bits per heavy atom. The molecule has 122 valence electrons. The predicted octanol–water partition coefficient (Wildman–Crippen LogP) is 6.50. The number of hydrogen-bond acceptors (Lipinski definition) is 2. The van der Waals surface area contributed by atoms with Crippen molar-refractivity contribution in [3.8, 4) is 23.0 Å². The van der Waals surface area contributed by atoms with Gasteiger partial charge in [0, 0.05) is 0 Å². The summed E-state index contributed by atoms with van der Waals surface area (Å²) in [7, 11) is 0. The third-order valence-corrected chi connectivity index (χ3v) is 4.25. The van der Waals surface area contributed by atoms with Crippen LogP contribution in [-0.2, 0) is 0 Å². The van der Waals surface area contributed by atoms with Gasteiger partial charge in [-0.1, -0.05) is 12.1 Å². The van der Waals surface area contributed by atoms with Gasteiger partial charge in [-0.05, 0) is 98.5 Å². The molecular formula is C22H22O2. The Kier molecular flexibility index (Phi) is 4.57. The molecule has 0 saturated carbocycles. The van der Waals surface area contributed by atoms with Gasteiger partial charge in [0.25, 0.3) is 0 Å². The second kappa shape index (κ2) is 6.79. The van der Waals surface area contributed by atoms with E-state index in [1.807, 2.05) is 36.4 Å². The molecule has 0 unspecified atom stereocenters. The third-order valence-electron chi connectivity index (χ3n) is 4.25. The van der Waals surface area contributed by atoms with Crippen molar-refractivity contribution in [3.63, 3.8) is 0 Å². The molecule has 0 atom stereocenters. The lowest BCUT2D eigenvalue weighted by molar-refractivity contribution is 0.469. The summed E-state index contributed by atoms with van der Waals surface area (Å²) < 4.78 is 11.8. The lowest BCUT2D eigenvalue weighted by Gasteiger charge is -2.10. The van der Waals surface area contributed by atoms with Gasteiger partial charge < -0.3 is 9.47 Å². The molecule has 0 fully saturated rings. The smallest absolute Gasteiger partial charge is 0.127 e. The SMILES string of the molecule is Cc1ccc(Oc2ccc(Oc3ccc(C)c(C)c3)cc2)cc1C. The lowest BCUT2D eigenvalue weighted by Crippen LogP contribution is -1.89. The van der Waals surface area contributed by atoms with Crippen LogP contribution >= 0.6 is 0 Å². The molecule has 0 heterocycles. The Labute approximate surface area is 143 Å². The molecule has 0 aliphatic heterocycles. The normalized spacial score (nSPS) is 10.5. The average molecular weight is 318 g/mol. The van der Waals surface area contributed by atoms with Gasteiger partial charge in [0.1, 0.15) is 23.0 Å². The van der Waals surface area contributed by atoms with E-state index in [-0.39, 0.29) is 0 Å². The van der Waals surface area contributed by atoms with Crippen LogP contribution in [0.3, 0.4) is 0 Å². The molecule has 0 aliphatic rings. The lowest BCUT2D eigenvalue weighted by atomic mass is 10.1. The van der Waals surface area contributed by atoms with Gasteiger partial charge in [-0.3, -0.25) is 0 Å². The van der Waals surface area contributed by atoms with Crippen LogP contribution in [0.5, 0.6) is 23.0 Å². The van der Waals surface area contributed by atoms with Gasteiger partial charge in [0.2, 0.25) is 0 Å². The summed E-state index contributed by atoms with van der Waals surface area (Å²) >= 11 is 0. The quantitative estimate of drug-likeness (QED) is 0.546. The van der Waals surface area contributed by atoms with Crippen LogP contribution < -0.4 is 9.47 Å². The largest absolute Gasteiger partial charge is 0.457 e. The summed E-state index contributed by atoms with van der Waals surface area (Å²) in [5, 5.41) is 0. The zero-order chi connectivity index (χ0) is 17.1. The standard InChI is InChI=1S/C22H22O2/c1-15-5-7-21(13-17(15)3)23-19-9-11-20(12-10-19)24-22-8-6-16(2)18(4)14-22/h5-14H,1-4H3. The van der Waals surface area contributed by atoms with Gasteiger partial charge in [0.15, 0.2) is 0 Å².